The van der Waals surface area contributed by atoms with Crippen LogP contribution < -0.4 is 10.5 Å². The molecule has 0 fully saturated rings. The maximum atomic E-state index is 6.03. The quantitative estimate of drug-likeness (QED) is 0.804. The first-order valence-electron chi connectivity index (χ1n) is 6.64. The molecule has 0 saturated heterocycles. The van der Waals surface area contributed by atoms with E-state index in [9.17, 15) is 0 Å². The van der Waals surface area contributed by atoms with Gasteiger partial charge in [-0.1, -0.05) is 49.7 Å². The minimum absolute atomic E-state index is 0.00812. The number of hydrogen-bond acceptors (Lipinski definition) is 2. The predicted octanol–water partition coefficient (Wildman–Crippen LogP) is 4.04. The molecular formula is C16H21NO. The average Bonchev–Trinajstić information content (AvgIpc) is 2.38. The number of rotatable bonds is 5. The molecule has 2 rings (SSSR count). The Morgan fingerprint density at radius 1 is 1.17 bits per heavy atom. The molecular weight excluding hydrogens is 222 g/mol. The summed E-state index contributed by atoms with van der Waals surface area (Å²) >= 11 is 0. The minimum Gasteiger partial charge on any atom is -0.493 e. The number of fused-ring (bicyclic) bond motifs is 1. The van der Waals surface area contributed by atoms with E-state index in [1.54, 1.807) is 0 Å². The summed E-state index contributed by atoms with van der Waals surface area (Å²) in [5.41, 5.74) is 7.12. The van der Waals surface area contributed by atoms with E-state index in [0.717, 1.165) is 36.1 Å². The minimum atomic E-state index is -0.00812. The maximum Gasteiger partial charge on any atom is 0.131 e. The summed E-state index contributed by atoms with van der Waals surface area (Å²) < 4.78 is 5.97. The fraction of sp³-hybridized carbons (Fsp3) is 0.375. The smallest absolute Gasteiger partial charge is 0.131 e. The van der Waals surface area contributed by atoms with Crippen molar-refractivity contribution in [2.45, 2.75) is 32.7 Å². The lowest BCUT2D eigenvalue weighted by molar-refractivity contribution is 0.308. The number of ether oxygens (including phenoxy) is 1. The van der Waals surface area contributed by atoms with E-state index in [2.05, 4.69) is 31.2 Å². The predicted molar refractivity (Wildman–Crippen MR) is 77.0 cm³/mol. The van der Waals surface area contributed by atoms with Crippen molar-refractivity contribution in [3.8, 4) is 5.75 Å². The van der Waals surface area contributed by atoms with Crippen LogP contribution in [0.3, 0.4) is 0 Å². The Labute approximate surface area is 109 Å². The standard InChI is InChI=1S/C16H21NO/c1-3-4-11-18-16-14(12(2)17)10-9-13-7-5-6-8-15(13)16/h5-10,12H,3-4,11,17H2,1-2H3. The highest BCUT2D eigenvalue weighted by molar-refractivity contribution is 5.89. The van der Waals surface area contributed by atoms with Gasteiger partial charge in [0.05, 0.1) is 6.61 Å². The zero-order valence-corrected chi connectivity index (χ0v) is 11.1. The monoisotopic (exact) mass is 243 g/mol. The summed E-state index contributed by atoms with van der Waals surface area (Å²) in [4.78, 5) is 0. The van der Waals surface area contributed by atoms with Crippen LogP contribution in [0.1, 0.15) is 38.3 Å². The number of unbranched alkanes of at least 4 members (excludes halogenated alkanes) is 1. The second-order valence-corrected chi connectivity index (χ2v) is 4.70. The summed E-state index contributed by atoms with van der Waals surface area (Å²) in [7, 11) is 0. The van der Waals surface area contributed by atoms with Crippen molar-refractivity contribution in [3.05, 3.63) is 42.0 Å². The van der Waals surface area contributed by atoms with Crippen molar-refractivity contribution in [1.29, 1.82) is 0 Å². The molecule has 0 aromatic heterocycles. The lowest BCUT2D eigenvalue weighted by Gasteiger charge is -2.16. The Balaban J connectivity index is 2.45. The van der Waals surface area contributed by atoms with Crippen LogP contribution in [0.15, 0.2) is 36.4 Å². The van der Waals surface area contributed by atoms with Gasteiger partial charge in [-0.2, -0.15) is 0 Å². The first-order chi connectivity index (χ1) is 8.74. The van der Waals surface area contributed by atoms with Crippen molar-refractivity contribution in [1.82, 2.24) is 0 Å². The van der Waals surface area contributed by atoms with Crippen LogP contribution in [-0.2, 0) is 0 Å². The Kier molecular flexibility index (Phi) is 4.21. The molecule has 2 heteroatoms. The molecule has 2 aromatic carbocycles. The van der Waals surface area contributed by atoms with Gasteiger partial charge < -0.3 is 10.5 Å². The third kappa shape index (κ3) is 2.65. The first kappa shape index (κ1) is 12.9. The fourth-order valence-corrected chi connectivity index (χ4v) is 2.10. The molecule has 0 heterocycles. The Morgan fingerprint density at radius 3 is 2.67 bits per heavy atom. The van der Waals surface area contributed by atoms with Gasteiger partial charge in [0.1, 0.15) is 5.75 Å². The molecule has 1 atom stereocenters. The van der Waals surface area contributed by atoms with Gasteiger partial charge >= 0.3 is 0 Å². The van der Waals surface area contributed by atoms with E-state index >= 15 is 0 Å². The second-order valence-electron chi connectivity index (χ2n) is 4.70. The van der Waals surface area contributed by atoms with Gasteiger partial charge in [-0.05, 0) is 18.7 Å². The van der Waals surface area contributed by atoms with Gasteiger partial charge in [0.25, 0.3) is 0 Å². The van der Waals surface area contributed by atoms with Crippen molar-refractivity contribution in [2.24, 2.45) is 5.73 Å². The molecule has 0 aliphatic carbocycles. The van der Waals surface area contributed by atoms with E-state index in [1.807, 2.05) is 19.1 Å². The molecule has 2 N–H and O–H groups in total. The van der Waals surface area contributed by atoms with Crippen LogP contribution in [0.4, 0.5) is 0 Å². The molecule has 2 aromatic rings. The van der Waals surface area contributed by atoms with E-state index in [-0.39, 0.29) is 6.04 Å². The first-order valence-corrected chi connectivity index (χ1v) is 6.64. The van der Waals surface area contributed by atoms with Gasteiger partial charge in [0.15, 0.2) is 0 Å². The largest absolute Gasteiger partial charge is 0.493 e. The normalized spacial score (nSPS) is 12.6. The van der Waals surface area contributed by atoms with Crippen LogP contribution in [0.5, 0.6) is 5.75 Å². The highest BCUT2D eigenvalue weighted by Gasteiger charge is 2.11. The number of benzene rings is 2. The van der Waals surface area contributed by atoms with E-state index in [4.69, 9.17) is 10.5 Å². The van der Waals surface area contributed by atoms with Gasteiger partial charge in [-0.3, -0.25) is 0 Å². The number of hydrogen-bond donors (Lipinski definition) is 1. The third-order valence-electron chi connectivity index (χ3n) is 3.14. The topological polar surface area (TPSA) is 35.2 Å². The summed E-state index contributed by atoms with van der Waals surface area (Å²) in [5, 5.41) is 2.36. The van der Waals surface area contributed by atoms with E-state index < -0.39 is 0 Å². The maximum absolute atomic E-state index is 6.03. The molecule has 0 bridgehead atoms. The molecule has 0 aliphatic heterocycles. The molecule has 0 saturated carbocycles. The van der Waals surface area contributed by atoms with Crippen molar-refractivity contribution in [3.63, 3.8) is 0 Å². The Hall–Kier alpha value is -1.54. The average molecular weight is 243 g/mol. The van der Waals surface area contributed by atoms with Crippen LogP contribution in [0.25, 0.3) is 10.8 Å². The molecule has 18 heavy (non-hydrogen) atoms. The van der Waals surface area contributed by atoms with E-state index in [0.29, 0.717) is 0 Å². The Morgan fingerprint density at radius 2 is 1.94 bits per heavy atom. The van der Waals surface area contributed by atoms with E-state index in [1.165, 1.54) is 5.39 Å². The van der Waals surface area contributed by atoms with Crippen LogP contribution >= 0.6 is 0 Å². The van der Waals surface area contributed by atoms with Crippen LogP contribution in [0, 0.1) is 0 Å². The summed E-state index contributed by atoms with van der Waals surface area (Å²) in [6, 6.07) is 12.5. The zero-order valence-electron chi connectivity index (χ0n) is 11.1. The molecule has 0 spiro atoms. The van der Waals surface area contributed by atoms with Crippen LogP contribution in [-0.4, -0.2) is 6.61 Å². The lowest BCUT2D eigenvalue weighted by atomic mass is 10.0. The third-order valence-corrected chi connectivity index (χ3v) is 3.14. The molecule has 2 nitrogen and oxygen atoms in total. The van der Waals surface area contributed by atoms with Gasteiger partial charge in [0.2, 0.25) is 0 Å². The van der Waals surface area contributed by atoms with Gasteiger partial charge in [0, 0.05) is 17.0 Å². The Bertz CT molecular complexity index is 519. The zero-order chi connectivity index (χ0) is 13.0. The second kappa shape index (κ2) is 5.87. The SMILES string of the molecule is CCCCOc1c(C(C)N)ccc2ccccc12. The highest BCUT2D eigenvalue weighted by Crippen LogP contribution is 2.33. The van der Waals surface area contributed by atoms with Crippen molar-refractivity contribution < 1.29 is 4.74 Å². The molecule has 96 valence electrons. The molecule has 0 radical (unpaired) electrons. The summed E-state index contributed by atoms with van der Waals surface area (Å²) in [5.74, 6) is 0.955. The summed E-state index contributed by atoms with van der Waals surface area (Å²) in [6.45, 7) is 4.92. The highest BCUT2D eigenvalue weighted by atomic mass is 16.5. The van der Waals surface area contributed by atoms with Crippen molar-refractivity contribution >= 4 is 10.8 Å². The van der Waals surface area contributed by atoms with Crippen LogP contribution in [0.2, 0.25) is 0 Å². The van der Waals surface area contributed by atoms with Crippen molar-refractivity contribution in [2.75, 3.05) is 6.61 Å². The molecule has 0 aliphatic rings. The van der Waals surface area contributed by atoms with Gasteiger partial charge in [-0.25, -0.2) is 0 Å². The lowest BCUT2D eigenvalue weighted by Crippen LogP contribution is -2.09. The number of nitrogens with two attached hydrogens (primary N) is 1. The summed E-state index contributed by atoms with van der Waals surface area (Å²) in [6.07, 6.45) is 2.21. The molecule has 0 amide bonds. The van der Waals surface area contributed by atoms with Gasteiger partial charge in [-0.15, -0.1) is 0 Å². The fourth-order valence-electron chi connectivity index (χ4n) is 2.10. The molecule has 1 unspecified atom stereocenters.